The number of esters is 1. The van der Waals surface area contributed by atoms with Crippen LogP contribution in [0.1, 0.15) is 23.3 Å². The van der Waals surface area contributed by atoms with E-state index in [2.05, 4.69) is 4.98 Å². The zero-order valence-corrected chi connectivity index (χ0v) is 15.0. The molecule has 3 heterocycles. The topological polar surface area (TPSA) is 103 Å². The number of likely N-dealkylation sites (tertiary alicyclic amines) is 1. The number of hydrogen-bond donors (Lipinski definition) is 1. The number of carbonyl (C=O) groups is 3. The molecular formula is C16H17N3O4S2. The molecule has 7 nitrogen and oxygen atoms in total. The summed E-state index contributed by atoms with van der Waals surface area (Å²) >= 11 is 2.89. The van der Waals surface area contributed by atoms with Crippen molar-refractivity contribution in [3.8, 4) is 9.88 Å². The van der Waals surface area contributed by atoms with Crippen molar-refractivity contribution in [1.82, 2.24) is 9.88 Å². The van der Waals surface area contributed by atoms with E-state index in [1.807, 2.05) is 17.5 Å². The lowest BCUT2D eigenvalue weighted by molar-refractivity contribution is -0.137. The van der Waals surface area contributed by atoms with Crippen LogP contribution in [0.15, 0.2) is 22.9 Å². The van der Waals surface area contributed by atoms with Crippen molar-refractivity contribution >= 4 is 40.5 Å². The van der Waals surface area contributed by atoms with E-state index < -0.39 is 11.9 Å². The predicted octanol–water partition coefficient (Wildman–Crippen LogP) is 1.75. The molecule has 0 unspecified atom stereocenters. The highest BCUT2D eigenvalue weighted by Gasteiger charge is 2.27. The Morgan fingerprint density at radius 3 is 2.92 bits per heavy atom. The average molecular weight is 379 g/mol. The molecule has 1 atom stereocenters. The SMILES string of the molecule is NC(=O)[C@@H]1CCCN(C(=O)COC(=O)c2csc(-c3cccs3)n2)C1. The van der Waals surface area contributed by atoms with E-state index in [-0.39, 0.29) is 30.7 Å². The first kappa shape index (κ1) is 17.6. The van der Waals surface area contributed by atoms with E-state index in [1.165, 1.54) is 27.6 Å². The molecule has 2 aromatic heterocycles. The van der Waals surface area contributed by atoms with Crippen LogP contribution in [0, 0.1) is 5.92 Å². The summed E-state index contributed by atoms with van der Waals surface area (Å²) in [6, 6.07) is 3.84. The highest BCUT2D eigenvalue weighted by atomic mass is 32.1. The number of thiazole rings is 1. The number of nitrogens with two attached hydrogens (primary N) is 1. The number of carbonyl (C=O) groups excluding carboxylic acids is 3. The third-order valence-corrected chi connectivity index (χ3v) is 5.83. The number of piperidine rings is 1. The number of amides is 2. The van der Waals surface area contributed by atoms with Crippen molar-refractivity contribution in [2.75, 3.05) is 19.7 Å². The summed E-state index contributed by atoms with van der Waals surface area (Å²) in [5, 5.41) is 4.30. The van der Waals surface area contributed by atoms with Crippen LogP contribution in [0.4, 0.5) is 0 Å². The van der Waals surface area contributed by atoms with E-state index in [4.69, 9.17) is 10.5 Å². The summed E-state index contributed by atoms with van der Waals surface area (Å²) < 4.78 is 5.07. The van der Waals surface area contributed by atoms with Gasteiger partial charge in [0.05, 0.1) is 10.8 Å². The van der Waals surface area contributed by atoms with Crippen LogP contribution in [-0.2, 0) is 14.3 Å². The predicted molar refractivity (Wildman–Crippen MR) is 94.2 cm³/mol. The minimum atomic E-state index is -0.629. The van der Waals surface area contributed by atoms with Gasteiger partial charge in [0.2, 0.25) is 5.91 Å². The number of primary amides is 1. The second-order valence-corrected chi connectivity index (χ2v) is 7.48. The summed E-state index contributed by atoms with van der Waals surface area (Å²) in [6.45, 7) is 0.459. The Bertz CT molecular complexity index is 772. The molecule has 1 saturated heterocycles. The zero-order chi connectivity index (χ0) is 17.8. The molecule has 2 aromatic rings. The molecule has 1 fully saturated rings. The van der Waals surface area contributed by atoms with Crippen molar-refractivity contribution in [3.05, 3.63) is 28.6 Å². The van der Waals surface area contributed by atoms with Gasteiger partial charge >= 0.3 is 5.97 Å². The van der Waals surface area contributed by atoms with E-state index in [9.17, 15) is 14.4 Å². The minimum absolute atomic E-state index is 0.190. The maximum Gasteiger partial charge on any atom is 0.358 e. The zero-order valence-electron chi connectivity index (χ0n) is 13.3. The van der Waals surface area contributed by atoms with Crippen LogP contribution in [0.5, 0.6) is 0 Å². The molecule has 0 aromatic carbocycles. The maximum atomic E-state index is 12.2. The fraction of sp³-hybridized carbons (Fsp3) is 0.375. The molecule has 0 bridgehead atoms. The van der Waals surface area contributed by atoms with E-state index >= 15 is 0 Å². The van der Waals surface area contributed by atoms with Crippen LogP contribution in [0.25, 0.3) is 9.88 Å². The van der Waals surface area contributed by atoms with Crippen LogP contribution >= 0.6 is 22.7 Å². The lowest BCUT2D eigenvalue weighted by Crippen LogP contribution is -2.45. The van der Waals surface area contributed by atoms with Gasteiger partial charge in [-0.2, -0.15) is 0 Å². The summed E-state index contributed by atoms with van der Waals surface area (Å²) in [4.78, 5) is 42.3. The molecule has 1 aliphatic heterocycles. The third-order valence-electron chi connectivity index (χ3n) is 3.95. The summed E-state index contributed by atoms with van der Waals surface area (Å²) in [5.74, 6) is -1.69. The minimum Gasteiger partial charge on any atom is -0.451 e. The smallest absolute Gasteiger partial charge is 0.358 e. The average Bonchev–Trinajstić information content (AvgIpc) is 3.30. The molecule has 0 aliphatic carbocycles. The van der Waals surface area contributed by atoms with Crippen molar-refractivity contribution in [3.63, 3.8) is 0 Å². The number of nitrogens with zero attached hydrogens (tertiary/aromatic N) is 2. The summed E-state index contributed by atoms with van der Waals surface area (Å²) in [5.41, 5.74) is 5.49. The number of thiophene rings is 1. The summed E-state index contributed by atoms with van der Waals surface area (Å²) in [6.07, 6.45) is 1.40. The number of hydrogen-bond acceptors (Lipinski definition) is 7. The molecular weight excluding hydrogens is 362 g/mol. The molecule has 2 N–H and O–H groups in total. The summed E-state index contributed by atoms with van der Waals surface area (Å²) in [7, 11) is 0. The van der Waals surface area contributed by atoms with Gasteiger partial charge in [-0.3, -0.25) is 9.59 Å². The van der Waals surface area contributed by atoms with Crippen molar-refractivity contribution in [1.29, 1.82) is 0 Å². The van der Waals surface area contributed by atoms with Crippen molar-refractivity contribution in [2.24, 2.45) is 11.7 Å². The van der Waals surface area contributed by atoms with Crippen LogP contribution < -0.4 is 5.73 Å². The van der Waals surface area contributed by atoms with Gasteiger partial charge in [0, 0.05) is 18.5 Å². The van der Waals surface area contributed by atoms with Gasteiger partial charge < -0.3 is 15.4 Å². The maximum absolute atomic E-state index is 12.2. The van der Waals surface area contributed by atoms with Gasteiger partial charge in [-0.05, 0) is 24.3 Å². The third kappa shape index (κ3) is 4.23. The van der Waals surface area contributed by atoms with Crippen molar-refractivity contribution < 1.29 is 19.1 Å². The fourth-order valence-corrected chi connectivity index (χ4v) is 4.21. The van der Waals surface area contributed by atoms with Gasteiger partial charge in [0.25, 0.3) is 5.91 Å². The first-order valence-corrected chi connectivity index (χ1v) is 9.54. The molecule has 25 heavy (non-hydrogen) atoms. The Hall–Kier alpha value is -2.26. The quantitative estimate of drug-likeness (QED) is 0.798. The Balaban J connectivity index is 1.53. The van der Waals surface area contributed by atoms with E-state index in [1.54, 1.807) is 5.38 Å². The Labute approximate surface area is 152 Å². The lowest BCUT2D eigenvalue weighted by atomic mass is 9.97. The molecule has 0 saturated carbocycles. The van der Waals surface area contributed by atoms with Crippen LogP contribution in [0.3, 0.4) is 0 Å². The van der Waals surface area contributed by atoms with Crippen LogP contribution in [-0.4, -0.2) is 47.4 Å². The first-order valence-electron chi connectivity index (χ1n) is 7.78. The number of ether oxygens (including phenoxy) is 1. The molecule has 9 heteroatoms. The van der Waals surface area contributed by atoms with E-state index in [0.717, 1.165) is 9.88 Å². The standard InChI is InChI=1S/C16H17N3O4S2/c17-14(21)10-3-1-5-19(7-10)13(20)8-23-16(22)11-9-25-15(18-11)12-4-2-6-24-12/h2,4,6,9-10H,1,3,5,7-8H2,(H2,17,21)/t10-/m1/s1. The van der Waals surface area contributed by atoms with E-state index in [0.29, 0.717) is 19.4 Å². The lowest BCUT2D eigenvalue weighted by Gasteiger charge is -2.30. The highest BCUT2D eigenvalue weighted by molar-refractivity contribution is 7.20. The Kier molecular flexibility index (Phi) is 5.44. The monoisotopic (exact) mass is 379 g/mol. The van der Waals surface area contributed by atoms with Gasteiger partial charge in [-0.1, -0.05) is 6.07 Å². The van der Waals surface area contributed by atoms with Crippen molar-refractivity contribution in [2.45, 2.75) is 12.8 Å². The van der Waals surface area contributed by atoms with Gasteiger partial charge in [-0.15, -0.1) is 22.7 Å². The van der Waals surface area contributed by atoms with Gasteiger partial charge in [0.15, 0.2) is 12.3 Å². The van der Waals surface area contributed by atoms with Gasteiger partial charge in [-0.25, -0.2) is 9.78 Å². The second kappa shape index (κ2) is 7.75. The highest BCUT2D eigenvalue weighted by Crippen LogP contribution is 2.28. The first-order chi connectivity index (χ1) is 12.0. The molecule has 2 amide bonds. The molecule has 0 spiro atoms. The molecule has 1 aliphatic rings. The largest absolute Gasteiger partial charge is 0.451 e. The van der Waals surface area contributed by atoms with Gasteiger partial charge in [0.1, 0.15) is 5.01 Å². The fourth-order valence-electron chi connectivity index (χ4n) is 2.61. The molecule has 3 rings (SSSR count). The van der Waals surface area contributed by atoms with Crippen LogP contribution in [0.2, 0.25) is 0 Å². The molecule has 0 radical (unpaired) electrons. The second-order valence-electron chi connectivity index (χ2n) is 5.67. The number of aromatic nitrogens is 1. The Morgan fingerprint density at radius 2 is 2.20 bits per heavy atom. The molecule has 132 valence electrons. The Morgan fingerprint density at radius 1 is 1.36 bits per heavy atom. The normalized spacial score (nSPS) is 17.3. The number of rotatable bonds is 5.